The monoisotopic (exact) mass is 372 g/mol. The van der Waals surface area contributed by atoms with E-state index in [1.54, 1.807) is 31.2 Å². The van der Waals surface area contributed by atoms with Crippen molar-refractivity contribution in [2.24, 2.45) is 10.7 Å². The molecule has 0 atom stereocenters. The highest BCUT2D eigenvalue weighted by atomic mass is 32.2. The van der Waals surface area contributed by atoms with Crippen molar-refractivity contribution in [2.75, 3.05) is 11.9 Å². The van der Waals surface area contributed by atoms with Crippen LogP contribution in [-0.2, 0) is 29.4 Å². The first-order chi connectivity index (χ1) is 12.5. The van der Waals surface area contributed by atoms with Crippen molar-refractivity contribution in [1.29, 1.82) is 0 Å². The summed E-state index contributed by atoms with van der Waals surface area (Å²) in [5, 5.41) is 3.12. The number of aliphatic imine (C=N–C) groups is 1. The molecule has 0 radical (unpaired) electrons. The van der Waals surface area contributed by atoms with E-state index in [2.05, 4.69) is 27.2 Å². The fourth-order valence-corrected chi connectivity index (χ4v) is 4.10. The number of hydrogen-bond acceptors (Lipinski definition) is 3. The summed E-state index contributed by atoms with van der Waals surface area (Å²) in [7, 11) is -3.43. The number of aryl methyl sites for hydroxylation is 2. The Morgan fingerprint density at radius 2 is 1.85 bits per heavy atom. The van der Waals surface area contributed by atoms with Crippen molar-refractivity contribution in [3.8, 4) is 0 Å². The van der Waals surface area contributed by atoms with Crippen molar-refractivity contribution in [3.63, 3.8) is 0 Å². The number of nitrogens with one attached hydrogen (secondary N) is 2. The Hall–Kier alpha value is -2.38. The molecule has 0 fully saturated rings. The molecule has 0 bridgehead atoms. The van der Waals surface area contributed by atoms with Gasteiger partial charge in [0.1, 0.15) is 0 Å². The van der Waals surface area contributed by atoms with Gasteiger partial charge in [-0.25, -0.2) is 18.1 Å². The standard InChI is InChI=1S/C19H24N4O2S/c1-2-22-26(24,25)18-10-6-14(7-11-18)13-21-19(20)23-17-9-8-15-4-3-5-16(15)12-17/h6-12,22H,2-5,13H2,1H3,(H3,20,21,23). The van der Waals surface area contributed by atoms with E-state index >= 15 is 0 Å². The molecule has 1 aliphatic carbocycles. The van der Waals surface area contributed by atoms with Crippen LogP contribution >= 0.6 is 0 Å². The highest BCUT2D eigenvalue weighted by Crippen LogP contribution is 2.24. The van der Waals surface area contributed by atoms with Crippen LogP contribution in [0, 0.1) is 0 Å². The molecule has 0 aliphatic heterocycles. The lowest BCUT2D eigenvalue weighted by Crippen LogP contribution is -2.23. The quantitative estimate of drug-likeness (QED) is 0.536. The molecule has 0 spiro atoms. The number of hydrogen-bond donors (Lipinski definition) is 3. The van der Waals surface area contributed by atoms with E-state index in [0.29, 0.717) is 19.0 Å². The van der Waals surface area contributed by atoms with E-state index in [1.807, 2.05) is 6.07 Å². The average molecular weight is 372 g/mol. The summed E-state index contributed by atoms with van der Waals surface area (Å²) in [6, 6.07) is 12.9. The molecular formula is C19H24N4O2S. The van der Waals surface area contributed by atoms with E-state index in [0.717, 1.165) is 24.1 Å². The Morgan fingerprint density at radius 1 is 1.12 bits per heavy atom. The number of nitrogens with two attached hydrogens (primary N) is 1. The normalized spacial score (nSPS) is 14.3. The molecule has 0 unspecified atom stereocenters. The third-order valence-corrected chi connectivity index (χ3v) is 5.93. The highest BCUT2D eigenvalue weighted by Gasteiger charge is 2.12. The summed E-state index contributed by atoms with van der Waals surface area (Å²) in [5.74, 6) is 0.340. The Bertz CT molecular complexity index is 906. The lowest BCUT2D eigenvalue weighted by Gasteiger charge is -2.08. The van der Waals surface area contributed by atoms with E-state index in [-0.39, 0.29) is 4.90 Å². The molecular weight excluding hydrogens is 348 g/mol. The van der Waals surface area contributed by atoms with Gasteiger partial charge >= 0.3 is 0 Å². The number of sulfonamides is 1. The molecule has 4 N–H and O–H groups in total. The van der Waals surface area contributed by atoms with Crippen molar-refractivity contribution >= 4 is 21.7 Å². The third kappa shape index (κ3) is 4.42. The average Bonchev–Trinajstić information content (AvgIpc) is 3.08. The van der Waals surface area contributed by atoms with E-state index in [4.69, 9.17) is 5.73 Å². The molecule has 0 saturated carbocycles. The summed E-state index contributed by atoms with van der Waals surface area (Å²) in [6.45, 7) is 2.49. The summed E-state index contributed by atoms with van der Waals surface area (Å²) >= 11 is 0. The number of anilines is 1. The SMILES string of the molecule is CCNS(=O)(=O)c1ccc(CN=C(N)Nc2ccc3c(c2)CCC3)cc1. The number of nitrogens with zero attached hydrogens (tertiary/aromatic N) is 1. The first-order valence-electron chi connectivity index (χ1n) is 8.75. The van der Waals surface area contributed by atoms with Crippen molar-refractivity contribution in [2.45, 2.75) is 37.6 Å². The molecule has 7 heteroatoms. The van der Waals surface area contributed by atoms with Crippen LogP contribution < -0.4 is 15.8 Å². The van der Waals surface area contributed by atoms with Crippen LogP contribution in [0.25, 0.3) is 0 Å². The van der Waals surface area contributed by atoms with Gasteiger partial charge in [0.05, 0.1) is 11.4 Å². The topological polar surface area (TPSA) is 96.6 Å². The van der Waals surface area contributed by atoms with E-state index < -0.39 is 10.0 Å². The zero-order valence-electron chi connectivity index (χ0n) is 14.8. The van der Waals surface area contributed by atoms with Gasteiger partial charge in [-0.3, -0.25) is 0 Å². The summed E-state index contributed by atoms with van der Waals surface area (Å²) in [4.78, 5) is 4.58. The number of benzene rings is 2. The van der Waals surface area contributed by atoms with Gasteiger partial charge in [-0.15, -0.1) is 0 Å². The van der Waals surface area contributed by atoms with Crippen molar-refractivity contribution < 1.29 is 8.42 Å². The first kappa shape index (κ1) is 18.4. The van der Waals surface area contributed by atoms with Gasteiger partial charge in [-0.05, 0) is 60.2 Å². The number of rotatable bonds is 6. The van der Waals surface area contributed by atoms with Crippen molar-refractivity contribution in [3.05, 3.63) is 59.2 Å². The van der Waals surface area contributed by atoms with Gasteiger partial charge in [-0.2, -0.15) is 0 Å². The molecule has 0 aromatic heterocycles. The summed E-state index contributed by atoms with van der Waals surface area (Å²) < 4.78 is 26.3. The zero-order chi connectivity index (χ0) is 18.6. The Morgan fingerprint density at radius 3 is 2.58 bits per heavy atom. The minimum Gasteiger partial charge on any atom is -0.370 e. The first-order valence-corrected chi connectivity index (χ1v) is 10.2. The van der Waals surface area contributed by atoms with Crippen LogP contribution in [0.4, 0.5) is 5.69 Å². The minimum absolute atomic E-state index is 0.247. The predicted octanol–water partition coefficient (Wildman–Crippen LogP) is 2.40. The third-order valence-electron chi connectivity index (χ3n) is 4.37. The van der Waals surface area contributed by atoms with E-state index in [1.165, 1.54) is 17.5 Å². The smallest absolute Gasteiger partial charge is 0.240 e. The molecule has 26 heavy (non-hydrogen) atoms. The largest absolute Gasteiger partial charge is 0.370 e. The maximum absolute atomic E-state index is 11.9. The Balaban J connectivity index is 1.62. The molecule has 2 aromatic carbocycles. The van der Waals surface area contributed by atoms with Gasteiger partial charge < -0.3 is 11.1 Å². The van der Waals surface area contributed by atoms with Crippen LogP contribution in [-0.4, -0.2) is 20.9 Å². The lowest BCUT2D eigenvalue weighted by molar-refractivity contribution is 0.584. The Labute approximate surface area is 154 Å². The fourth-order valence-electron chi connectivity index (χ4n) is 3.06. The second kappa shape index (κ2) is 7.88. The van der Waals surface area contributed by atoms with E-state index in [9.17, 15) is 8.42 Å². The summed E-state index contributed by atoms with van der Waals surface area (Å²) in [6.07, 6.45) is 3.48. The van der Waals surface area contributed by atoms with Crippen LogP contribution in [0.2, 0.25) is 0 Å². The lowest BCUT2D eigenvalue weighted by atomic mass is 10.1. The van der Waals surface area contributed by atoms with Gasteiger partial charge in [0.15, 0.2) is 5.96 Å². The number of guanidine groups is 1. The van der Waals surface area contributed by atoms with Gasteiger partial charge in [0, 0.05) is 12.2 Å². The van der Waals surface area contributed by atoms with Crippen LogP contribution in [0.1, 0.15) is 30.0 Å². The molecule has 1 aliphatic rings. The van der Waals surface area contributed by atoms with Gasteiger partial charge in [0.25, 0.3) is 0 Å². The van der Waals surface area contributed by atoms with Gasteiger partial charge in [-0.1, -0.05) is 25.1 Å². The molecule has 2 aromatic rings. The van der Waals surface area contributed by atoms with Crippen LogP contribution in [0.15, 0.2) is 52.4 Å². The van der Waals surface area contributed by atoms with Crippen LogP contribution in [0.3, 0.4) is 0 Å². The second-order valence-electron chi connectivity index (χ2n) is 6.31. The zero-order valence-corrected chi connectivity index (χ0v) is 15.6. The fraction of sp³-hybridized carbons (Fsp3) is 0.316. The summed E-state index contributed by atoms with van der Waals surface area (Å²) in [5.41, 5.74) is 10.6. The molecule has 3 rings (SSSR count). The molecule has 0 heterocycles. The Kier molecular flexibility index (Phi) is 5.58. The predicted molar refractivity (Wildman–Crippen MR) is 105 cm³/mol. The second-order valence-corrected chi connectivity index (χ2v) is 8.08. The number of fused-ring (bicyclic) bond motifs is 1. The molecule has 0 amide bonds. The highest BCUT2D eigenvalue weighted by molar-refractivity contribution is 7.89. The van der Waals surface area contributed by atoms with Gasteiger partial charge in [0.2, 0.25) is 10.0 Å². The van der Waals surface area contributed by atoms with Crippen molar-refractivity contribution in [1.82, 2.24) is 4.72 Å². The molecule has 6 nitrogen and oxygen atoms in total. The molecule has 138 valence electrons. The minimum atomic E-state index is -3.43. The maximum Gasteiger partial charge on any atom is 0.240 e. The van der Waals surface area contributed by atoms with Crippen LogP contribution in [0.5, 0.6) is 0 Å². The maximum atomic E-state index is 11.9. The molecule has 0 saturated heterocycles.